The second-order valence-electron chi connectivity index (χ2n) is 5.53. The summed E-state index contributed by atoms with van der Waals surface area (Å²) in [6.45, 7) is 4.14. The molecule has 0 radical (unpaired) electrons. The van der Waals surface area contributed by atoms with E-state index in [1.807, 2.05) is 25.3 Å². The van der Waals surface area contributed by atoms with Crippen molar-refractivity contribution in [3.05, 3.63) is 65.9 Å². The largest absolute Gasteiger partial charge is 0.456 e. The first-order valence-electron chi connectivity index (χ1n) is 7.07. The lowest BCUT2D eigenvalue weighted by Crippen LogP contribution is -1.83. The fourth-order valence-corrected chi connectivity index (χ4v) is 2.69. The molecule has 21 heavy (non-hydrogen) atoms. The summed E-state index contributed by atoms with van der Waals surface area (Å²) >= 11 is 0. The maximum atomic E-state index is 5.97. The highest BCUT2D eigenvalue weighted by Gasteiger charge is 2.08. The molecule has 0 atom stereocenters. The van der Waals surface area contributed by atoms with Gasteiger partial charge in [0.2, 0.25) is 0 Å². The highest BCUT2D eigenvalue weighted by atomic mass is 16.3. The zero-order valence-corrected chi connectivity index (χ0v) is 12.1. The second-order valence-corrected chi connectivity index (χ2v) is 5.53. The van der Waals surface area contributed by atoms with E-state index in [1.165, 1.54) is 16.5 Å². The van der Waals surface area contributed by atoms with Crippen LogP contribution in [0.3, 0.4) is 0 Å². The average molecular weight is 273 g/mol. The van der Waals surface area contributed by atoms with Crippen LogP contribution >= 0.6 is 0 Å². The first kappa shape index (κ1) is 12.2. The van der Waals surface area contributed by atoms with E-state index in [0.717, 1.165) is 27.8 Å². The normalized spacial score (nSPS) is 11.3. The Morgan fingerprint density at radius 3 is 2.43 bits per heavy atom. The van der Waals surface area contributed by atoms with Gasteiger partial charge in [-0.3, -0.25) is 4.98 Å². The molecule has 2 heteroatoms. The van der Waals surface area contributed by atoms with Crippen LogP contribution in [0.15, 0.2) is 59.1 Å². The molecule has 0 bridgehead atoms. The highest BCUT2D eigenvalue weighted by Crippen LogP contribution is 2.32. The molecule has 0 saturated heterocycles. The predicted molar refractivity (Wildman–Crippen MR) is 86.4 cm³/mol. The lowest BCUT2D eigenvalue weighted by Gasteiger charge is -2.01. The molecule has 2 aromatic carbocycles. The van der Waals surface area contributed by atoms with Crippen LogP contribution in [0, 0.1) is 13.8 Å². The maximum absolute atomic E-state index is 5.97. The molecule has 4 aromatic rings. The van der Waals surface area contributed by atoms with Gasteiger partial charge >= 0.3 is 0 Å². The molecule has 0 fully saturated rings. The minimum absolute atomic E-state index is 0.912. The van der Waals surface area contributed by atoms with Crippen molar-refractivity contribution >= 4 is 21.9 Å². The lowest BCUT2D eigenvalue weighted by atomic mass is 10.1. The number of aryl methyl sites for hydroxylation is 2. The summed E-state index contributed by atoms with van der Waals surface area (Å²) in [6.07, 6.45) is 1.89. The van der Waals surface area contributed by atoms with Crippen LogP contribution in [0.4, 0.5) is 0 Å². The third kappa shape index (κ3) is 2.00. The number of nitrogens with zero attached hydrogens (tertiary/aromatic N) is 1. The van der Waals surface area contributed by atoms with Gasteiger partial charge in [0, 0.05) is 22.5 Å². The van der Waals surface area contributed by atoms with Crippen LogP contribution in [0.5, 0.6) is 0 Å². The van der Waals surface area contributed by atoms with Gasteiger partial charge in [0.25, 0.3) is 0 Å². The fraction of sp³-hybridized carbons (Fsp3) is 0.105. The quantitative estimate of drug-likeness (QED) is 0.472. The Bertz CT molecular complexity index is 949. The van der Waals surface area contributed by atoms with Crippen molar-refractivity contribution in [2.45, 2.75) is 13.8 Å². The second kappa shape index (κ2) is 4.45. The van der Waals surface area contributed by atoms with E-state index < -0.39 is 0 Å². The standard InChI is InChI=1S/C19H15NO/c1-12-4-8-18-16(9-12)15-6-5-14(10-19(15)21-18)17-7-3-13(2)11-20-17/h3-11H,1-2H3. The van der Waals surface area contributed by atoms with Gasteiger partial charge < -0.3 is 4.42 Å². The molecule has 0 spiro atoms. The first-order valence-corrected chi connectivity index (χ1v) is 7.07. The summed E-state index contributed by atoms with van der Waals surface area (Å²) in [5, 5.41) is 2.33. The third-order valence-corrected chi connectivity index (χ3v) is 3.83. The van der Waals surface area contributed by atoms with Crippen LogP contribution in [0.25, 0.3) is 33.2 Å². The molecule has 0 aliphatic heterocycles. The van der Waals surface area contributed by atoms with Crippen molar-refractivity contribution in [1.29, 1.82) is 0 Å². The average Bonchev–Trinajstić information content (AvgIpc) is 2.85. The summed E-state index contributed by atoms with van der Waals surface area (Å²) in [7, 11) is 0. The molecule has 2 heterocycles. The predicted octanol–water partition coefficient (Wildman–Crippen LogP) is 5.26. The van der Waals surface area contributed by atoms with E-state index in [2.05, 4.69) is 48.3 Å². The fourth-order valence-electron chi connectivity index (χ4n) is 2.69. The van der Waals surface area contributed by atoms with E-state index in [4.69, 9.17) is 4.42 Å². The van der Waals surface area contributed by atoms with Crippen molar-refractivity contribution in [2.24, 2.45) is 0 Å². The molecule has 0 aliphatic carbocycles. The molecular formula is C19H15NO. The number of hydrogen-bond donors (Lipinski definition) is 0. The van der Waals surface area contributed by atoms with Crippen molar-refractivity contribution in [3.63, 3.8) is 0 Å². The van der Waals surface area contributed by atoms with E-state index in [9.17, 15) is 0 Å². The zero-order valence-electron chi connectivity index (χ0n) is 12.1. The number of fused-ring (bicyclic) bond motifs is 3. The molecule has 4 rings (SSSR count). The minimum atomic E-state index is 0.912. The van der Waals surface area contributed by atoms with E-state index in [1.54, 1.807) is 0 Å². The number of aromatic nitrogens is 1. The molecule has 0 saturated carbocycles. The Kier molecular flexibility index (Phi) is 2.58. The molecule has 0 N–H and O–H groups in total. The van der Waals surface area contributed by atoms with Gasteiger partial charge in [0.1, 0.15) is 11.2 Å². The monoisotopic (exact) mass is 273 g/mol. The van der Waals surface area contributed by atoms with Crippen LogP contribution in [0.1, 0.15) is 11.1 Å². The first-order chi connectivity index (χ1) is 10.2. The maximum Gasteiger partial charge on any atom is 0.136 e. The number of rotatable bonds is 1. The van der Waals surface area contributed by atoms with E-state index in [0.29, 0.717) is 0 Å². The summed E-state index contributed by atoms with van der Waals surface area (Å²) in [6, 6.07) is 16.7. The van der Waals surface area contributed by atoms with Gasteiger partial charge in [0.15, 0.2) is 0 Å². The van der Waals surface area contributed by atoms with Gasteiger partial charge in [-0.1, -0.05) is 23.8 Å². The van der Waals surface area contributed by atoms with Crippen LogP contribution in [-0.4, -0.2) is 4.98 Å². The highest BCUT2D eigenvalue weighted by molar-refractivity contribution is 6.06. The summed E-state index contributed by atoms with van der Waals surface area (Å²) in [5.74, 6) is 0. The number of hydrogen-bond acceptors (Lipinski definition) is 2. The van der Waals surface area contributed by atoms with Crippen LogP contribution in [0.2, 0.25) is 0 Å². The summed E-state index contributed by atoms with van der Waals surface area (Å²) in [5.41, 5.74) is 6.31. The molecule has 2 aromatic heterocycles. The Morgan fingerprint density at radius 2 is 1.62 bits per heavy atom. The van der Waals surface area contributed by atoms with Gasteiger partial charge in [0.05, 0.1) is 5.69 Å². The van der Waals surface area contributed by atoms with Gasteiger partial charge in [-0.05, 0) is 49.7 Å². The Balaban J connectivity index is 1.94. The van der Waals surface area contributed by atoms with Crippen molar-refractivity contribution in [2.75, 3.05) is 0 Å². The number of pyridine rings is 1. The van der Waals surface area contributed by atoms with E-state index >= 15 is 0 Å². The summed E-state index contributed by atoms with van der Waals surface area (Å²) in [4.78, 5) is 4.48. The lowest BCUT2D eigenvalue weighted by molar-refractivity contribution is 0.669. The SMILES string of the molecule is Cc1ccc(-c2ccc3c(c2)oc2ccc(C)cc23)nc1. The Hall–Kier alpha value is -2.61. The molecular weight excluding hydrogens is 258 g/mol. The van der Waals surface area contributed by atoms with Crippen molar-refractivity contribution in [1.82, 2.24) is 4.98 Å². The number of furan rings is 1. The smallest absolute Gasteiger partial charge is 0.136 e. The minimum Gasteiger partial charge on any atom is -0.456 e. The number of benzene rings is 2. The van der Waals surface area contributed by atoms with Crippen LogP contribution in [-0.2, 0) is 0 Å². The Morgan fingerprint density at radius 1 is 0.762 bits per heavy atom. The van der Waals surface area contributed by atoms with Gasteiger partial charge in [-0.2, -0.15) is 0 Å². The molecule has 2 nitrogen and oxygen atoms in total. The molecule has 102 valence electrons. The third-order valence-electron chi connectivity index (χ3n) is 3.83. The summed E-state index contributed by atoms with van der Waals surface area (Å²) < 4.78 is 5.97. The van der Waals surface area contributed by atoms with Gasteiger partial charge in [-0.15, -0.1) is 0 Å². The molecule has 0 amide bonds. The Labute approximate surface area is 123 Å². The van der Waals surface area contributed by atoms with E-state index in [-0.39, 0.29) is 0 Å². The topological polar surface area (TPSA) is 26.0 Å². The van der Waals surface area contributed by atoms with Crippen molar-refractivity contribution < 1.29 is 4.42 Å². The van der Waals surface area contributed by atoms with Gasteiger partial charge in [-0.25, -0.2) is 0 Å². The van der Waals surface area contributed by atoms with Crippen molar-refractivity contribution in [3.8, 4) is 11.3 Å². The zero-order chi connectivity index (χ0) is 14.4. The molecule has 0 aliphatic rings. The van der Waals surface area contributed by atoms with Crippen LogP contribution < -0.4 is 0 Å². The molecule has 0 unspecified atom stereocenters.